The first-order valence-electron chi connectivity index (χ1n) is 2.94. The van der Waals surface area contributed by atoms with Gasteiger partial charge in [-0.3, -0.25) is 10.1 Å². The van der Waals surface area contributed by atoms with E-state index in [1.165, 1.54) is 18.2 Å². The fraction of sp³-hybridized carbons (Fsp3) is 0. The first-order valence-corrected chi connectivity index (χ1v) is 4.02. The normalized spacial score (nSPS) is 9.00. The van der Waals surface area contributed by atoms with E-state index in [0.717, 1.165) is 0 Å². The number of nitrogens with zero attached hydrogens (tertiary/aromatic N) is 3. The largest absolute Gasteiger partial charge is 0.405 e. The molecule has 60 valence electrons. The Bertz CT molecular complexity index is 372. The van der Waals surface area contributed by atoms with Crippen molar-refractivity contribution in [1.29, 1.82) is 5.39 Å². The fourth-order valence-corrected chi connectivity index (χ4v) is 1.13. The van der Waals surface area contributed by atoms with Gasteiger partial charge in [-0.25, -0.2) is 0 Å². The van der Waals surface area contributed by atoms with Crippen molar-refractivity contribution in [2.75, 3.05) is 0 Å². The van der Waals surface area contributed by atoms with Crippen LogP contribution in [0.25, 0.3) is 4.98 Å². The molecular weight excluding hydrogens is 273 g/mol. The van der Waals surface area contributed by atoms with Crippen LogP contribution in [0.3, 0.4) is 0 Å². The van der Waals surface area contributed by atoms with Gasteiger partial charge in [-0.2, -0.15) is 0 Å². The molecule has 12 heavy (non-hydrogen) atoms. The molecule has 6 heteroatoms. The molecule has 0 saturated carbocycles. The van der Waals surface area contributed by atoms with Gasteiger partial charge in [0.05, 0.1) is 4.92 Å². The second kappa shape index (κ2) is 3.44. The molecule has 0 amide bonds. The summed E-state index contributed by atoms with van der Waals surface area (Å²) < 4.78 is 0.667. The third-order valence-corrected chi connectivity index (χ3v) is 2.16. The fourth-order valence-electron chi connectivity index (χ4n) is 0.691. The molecule has 0 aliphatic rings. The van der Waals surface area contributed by atoms with Crippen LogP contribution in [0.1, 0.15) is 0 Å². The summed E-state index contributed by atoms with van der Waals surface area (Å²) >= 11 is 1.92. The van der Waals surface area contributed by atoms with Crippen molar-refractivity contribution in [2.45, 2.75) is 0 Å². The Balaban J connectivity index is 3.25. The summed E-state index contributed by atoms with van der Waals surface area (Å²) in [5, 5.41) is 18.7. The predicted molar refractivity (Wildman–Crippen MR) is 50.6 cm³/mol. The van der Waals surface area contributed by atoms with E-state index in [-0.39, 0.29) is 11.4 Å². The number of diazo groups is 1. The molecule has 0 aliphatic carbocycles. The molecule has 1 aromatic carbocycles. The van der Waals surface area contributed by atoms with Crippen molar-refractivity contribution >= 4 is 34.0 Å². The van der Waals surface area contributed by atoms with Gasteiger partial charge in [-0.1, -0.05) is 0 Å². The zero-order valence-electron chi connectivity index (χ0n) is 5.77. The van der Waals surface area contributed by atoms with E-state index < -0.39 is 4.92 Å². The maximum absolute atomic E-state index is 10.3. The minimum Gasteiger partial charge on any atom is -0.258 e. The summed E-state index contributed by atoms with van der Waals surface area (Å²) in [7, 11) is 0. The Labute approximate surface area is 81.3 Å². The summed E-state index contributed by atoms with van der Waals surface area (Å²) in [4.78, 5) is 12.6. The molecule has 0 fully saturated rings. The van der Waals surface area contributed by atoms with Crippen molar-refractivity contribution < 1.29 is 4.92 Å². The quantitative estimate of drug-likeness (QED) is 0.342. The Hall–Kier alpha value is -1.23. The van der Waals surface area contributed by atoms with Gasteiger partial charge in [0.1, 0.15) is 9.64 Å². The second-order valence-corrected chi connectivity index (χ2v) is 3.16. The highest BCUT2D eigenvalue weighted by Crippen LogP contribution is 2.25. The monoisotopic (exact) mass is 276 g/mol. The first kappa shape index (κ1) is 8.86. The molecule has 0 bridgehead atoms. The third-order valence-electron chi connectivity index (χ3n) is 1.25. The molecule has 0 aromatic heterocycles. The molecular formula is C6H3IN3O2+. The summed E-state index contributed by atoms with van der Waals surface area (Å²) in [5.41, 5.74) is 0.132. The number of hydrogen-bond donors (Lipinski definition) is 0. The van der Waals surface area contributed by atoms with Gasteiger partial charge >= 0.3 is 5.69 Å². The maximum atomic E-state index is 10.3. The maximum Gasteiger partial charge on any atom is 0.405 e. The summed E-state index contributed by atoms with van der Waals surface area (Å²) in [6.07, 6.45) is 0. The zero-order valence-corrected chi connectivity index (χ0v) is 7.93. The Kier molecular flexibility index (Phi) is 2.54. The van der Waals surface area contributed by atoms with E-state index in [9.17, 15) is 10.1 Å². The van der Waals surface area contributed by atoms with Crippen LogP contribution in [-0.4, -0.2) is 4.92 Å². The van der Waals surface area contributed by atoms with Crippen LogP contribution < -0.4 is 0 Å². The van der Waals surface area contributed by atoms with Gasteiger partial charge < -0.3 is 0 Å². The summed E-state index contributed by atoms with van der Waals surface area (Å²) in [6.45, 7) is 0. The van der Waals surface area contributed by atoms with Crippen LogP contribution in [0.15, 0.2) is 18.2 Å². The Morgan fingerprint density at radius 2 is 2.25 bits per heavy atom. The second-order valence-electron chi connectivity index (χ2n) is 1.99. The lowest BCUT2D eigenvalue weighted by Crippen LogP contribution is -1.86. The van der Waals surface area contributed by atoms with Crippen molar-refractivity contribution in [3.05, 3.63) is 36.9 Å². The summed E-state index contributed by atoms with van der Waals surface area (Å²) in [6, 6.07) is 4.09. The average molecular weight is 276 g/mol. The zero-order chi connectivity index (χ0) is 9.14. The number of nitro groups is 1. The lowest BCUT2D eigenvalue weighted by Gasteiger charge is -1.87. The molecule has 1 aromatic rings. The van der Waals surface area contributed by atoms with Crippen molar-refractivity contribution in [3.63, 3.8) is 0 Å². The lowest BCUT2D eigenvalue weighted by molar-refractivity contribution is -0.384. The minimum absolute atomic E-state index is 0.0804. The van der Waals surface area contributed by atoms with Gasteiger partial charge in [-0.15, -0.1) is 0 Å². The van der Waals surface area contributed by atoms with Crippen LogP contribution >= 0.6 is 22.6 Å². The van der Waals surface area contributed by atoms with E-state index in [0.29, 0.717) is 3.57 Å². The molecule has 0 N–H and O–H groups in total. The van der Waals surface area contributed by atoms with E-state index >= 15 is 0 Å². The topological polar surface area (TPSA) is 71.3 Å². The Morgan fingerprint density at radius 1 is 1.58 bits per heavy atom. The van der Waals surface area contributed by atoms with Gasteiger partial charge in [0.15, 0.2) is 4.98 Å². The summed E-state index contributed by atoms with van der Waals surface area (Å²) in [5.74, 6) is 0. The van der Waals surface area contributed by atoms with Crippen LogP contribution in [0, 0.1) is 19.1 Å². The number of benzene rings is 1. The molecule has 0 atom stereocenters. The molecule has 0 aliphatic heterocycles. The Morgan fingerprint density at radius 3 is 2.75 bits per heavy atom. The van der Waals surface area contributed by atoms with Gasteiger partial charge in [0.25, 0.3) is 5.69 Å². The highest BCUT2D eigenvalue weighted by Gasteiger charge is 2.17. The van der Waals surface area contributed by atoms with E-state index in [4.69, 9.17) is 5.39 Å². The van der Waals surface area contributed by atoms with Gasteiger partial charge in [-0.05, 0) is 28.7 Å². The smallest absolute Gasteiger partial charge is 0.258 e. The number of halogens is 1. The number of hydrogen-bond acceptors (Lipinski definition) is 3. The number of nitro benzene ring substituents is 1. The molecule has 0 radical (unpaired) electrons. The first-order chi connectivity index (χ1) is 5.65. The van der Waals surface area contributed by atoms with Gasteiger partial charge in [0.2, 0.25) is 5.39 Å². The number of non-ortho nitro benzene ring substituents is 1. The molecule has 0 saturated heterocycles. The van der Waals surface area contributed by atoms with Crippen LogP contribution in [0.2, 0.25) is 0 Å². The van der Waals surface area contributed by atoms with Gasteiger partial charge in [0, 0.05) is 6.07 Å². The van der Waals surface area contributed by atoms with E-state index in [1.807, 2.05) is 22.6 Å². The SMILES string of the molecule is N#[N+]c1cc([N+](=O)[O-])ccc1I. The standard InChI is InChI=1S/C6H3IN3O2/c7-5-2-1-4(10(11)12)3-6(5)9-8/h1-3H/q+1. The molecule has 5 nitrogen and oxygen atoms in total. The van der Waals surface area contributed by atoms with E-state index in [2.05, 4.69) is 4.98 Å². The number of rotatable bonds is 1. The minimum atomic E-state index is -0.537. The molecule has 0 unspecified atom stereocenters. The highest BCUT2D eigenvalue weighted by molar-refractivity contribution is 14.1. The van der Waals surface area contributed by atoms with Crippen LogP contribution in [0.4, 0.5) is 11.4 Å². The molecule has 0 spiro atoms. The van der Waals surface area contributed by atoms with E-state index in [1.54, 1.807) is 0 Å². The molecule has 1 rings (SSSR count). The average Bonchev–Trinajstić information content (AvgIpc) is 2.05. The van der Waals surface area contributed by atoms with Crippen LogP contribution in [-0.2, 0) is 0 Å². The predicted octanol–water partition coefficient (Wildman–Crippen LogP) is 2.68. The van der Waals surface area contributed by atoms with Crippen molar-refractivity contribution in [3.8, 4) is 0 Å². The lowest BCUT2D eigenvalue weighted by atomic mass is 10.3. The van der Waals surface area contributed by atoms with Crippen molar-refractivity contribution in [2.24, 2.45) is 0 Å². The highest BCUT2D eigenvalue weighted by atomic mass is 127. The van der Waals surface area contributed by atoms with Crippen LogP contribution in [0.5, 0.6) is 0 Å². The molecule has 0 heterocycles. The van der Waals surface area contributed by atoms with Crippen molar-refractivity contribution in [1.82, 2.24) is 0 Å². The third kappa shape index (κ3) is 1.68.